The molecule has 4 amide bonds. The Hall–Kier alpha value is -3.79. The first-order valence-electron chi connectivity index (χ1n) is 19.7. The Bertz CT molecular complexity index is 1460. The number of hydrogen-bond acceptors (Lipinski definition) is 11. The van der Waals surface area contributed by atoms with E-state index in [4.69, 9.17) is 18.9 Å². The average Bonchev–Trinajstić information content (AvgIpc) is 3.61. The van der Waals surface area contributed by atoms with E-state index in [1.54, 1.807) is 69.1 Å². The summed E-state index contributed by atoms with van der Waals surface area (Å²) in [5.74, 6) is -1.49. The fourth-order valence-electron chi connectivity index (χ4n) is 7.79. The summed E-state index contributed by atoms with van der Waals surface area (Å²) in [6.45, 7) is 15.4. The molecule has 0 aromatic heterocycles. The van der Waals surface area contributed by atoms with Crippen molar-refractivity contribution in [2.75, 3.05) is 49.1 Å². The maximum absolute atomic E-state index is 14.4. The highest BCUT2D eigenvalue weighted by Crippen LogP contribution is 2.31. The molecular weight excluding hydrogens is 720 g/mol. The van der Waals surface area contributed by atoms with Gasteiger partial charge < -0.3 is 49.9 Å². The lowest BCUT2D eigenvalue weighted by Gasteiger charge is -2.41. The molecular formula is C41H70N6O9. The number of likely N-dealkylation sites (tertiary alicyclic amines) is 1. The van der Waals surface area contributed by atoms with Gasteiger partial charge in [0.05, 0.1) is 61.9 Å². The van der Waals surface area contributed by atoms with Crippen molar-refractivity contribution in [3.05, 3.63) is 29.8 Å². The van der Waals surface area contributed by atoms with Crippen molar-refractivity contribution in [3.63, 3.8) is 0 Å². The maximum Gasteiger partial charge on any atom is 0.245 e. The number of rotatable bonds is 22. The van der Waals surface area contributed by atoms with E-state index in [2.05, 4.69) is 21.1 Å². The molecule has 15 nitrogen and oxygen atoms in total. The Morgan fingerprint density at radius 3 is 2.09 bits per heavy atom. The van der Waals surface area contributed by atoms with Crippen molar-refractivity contribution in [2.24, 2.45) is 28.8 Å². The number of methoxy groups -OCH3 is 4. The van der Waals surface area contributed by atoms with Crippen LogP contribution in [0.2, 0.25) is 0 Å². The predicted octanol–water partition coefficient (Wildman–Crippen LogP) is 3.31. The van der Waals surface area contributed by atoms with Gasteiger partial charge in [0.1, 0.15) is 17.5 Å². The molecule has 1 aromatic carbocycles. The van der Waals surface area contributed by atoms with Gasteiger partial charge in [0, 0.05) is 40.5 Å². The van der Waals surface area contributed by atoms with Crippen LogP contribution < -0.4 is 20.7 Å². The summed E-state index contributed by atoms with van der Waals surface area (Å²) in [5.41, 5.74) is 0.833. The highest BCUT2D eigenvalue weighted by molar-refractivity contribution is 6.05. The molecule has 1 aromatic rings. The number of oxime groups is 1. The SMILES string of the molecule is CC[C@H](C)[C@@H]([C@@H](CC(=O)N1C[C@H](OC)C[C@@H]1[C@H](OC)[C@@H](C)C(=O)N[C@H](C)C(=NO)c1cccc(OC)c1)OC)N(C)C(=O)[C@@H](NC(=O)[C@@H](NC)C(C)C)C(C)C. The minimum Gasteiger partial charge on any atom is -0.497 e. The average molecular weight is 791 g/mol. The molecule has 0 spiro atoms. The van der Waals surface area contributed by atoms with Crippen molar-refractivity contribution in [1.82, 2.24) is 25.8 Å². The standard InChI is InChI=1S/C41H70N6O9/c1-15-25(6)37(46(10)41(51)35(24(4)5)44-40(50)34(42-9)23(2)3)32(55-13)21-33(48)47-22-30(54-12)20-31(47)38(56-14)26(7)39(49)43-27(8)36(45-52)28-17-16-18-29(19-28)53-11/h16-19,23-27,30-32,34-35,37-38,42,52H,15,20-22H2,1-14H3,(H,43,49)(H,44,50)/t25-,26+,27+,30+,31+,32+,34-,35-,37-,38+/m0/s1. The lowest BCUT2D eigenvalue weighted by molar-refractivity contribution is -0.148. The third-order valence-electron chi connectivity index (χ3n) is 11.3. The largest absolute Gasteiger partial charge is 0.497 e. The second-order valence-corrected chi connectivity index (χ2v) is 15.7. The summed E-state index contributed by atoms with van der Waals surface area (Å²) >= 11 is 0. The van der Waals surface area contributed by atoms with Crippen LogP contribution >= 0.6 is 0 Å². The van der Waals surface area contributed by atoms with Gasteiger partial charge >= 0.3 is 0 Å². The number of hydrogen-bond donors (Lipinski definition) is 4. The Morgan fingerprint density at radius 2 is 1.59 bits per heavy atom. The molecule has 1 aliphatic rings. The summed E-state index contributed by atoms with van der Waals surface area (Å²) in [7, 11) is 9.60. The number of carbonyl (C=O) groups is 4. The summed E-state index contributed by atoms with van der Waals surface area (Å²) in [5, 5.41) is 22.3. The monoisotopic (exact) mass is 791 g/mol. The fourth-order valence-corrected chi connectivity index (χ4v) is 7.79. The van der Waals surface area contributed by atoms with Crippen LogP contribution in [0.15, 0.2) is 29.4 Å². The molecule has 0 bridgehead atoms. The van der Waals surface area contributed by atoms with Gasteiger partial charge in [-0.3, -0.25) is 19.2 Å². The minimum atomic E-state index is -0.791. The molecule has 0 aliphatic carbocycles. The second kappa shape index (κ2) is 22.8. The highest BCUT2D eigenvalue weighted by Gasteiger charge is 2.46. The van der Waals surface area contributed by atoms with Gasteiger partial charge in [-0.15, -0.1) is 0 Å². The van der Waals surface area contributed by atoms with Crippen LogP contribution in [0.3, 0.4) is 0 Å². The summed E-state index contributed by atoms with van der Waals surface area (Å²) < 4.78 is 23.0. The molecule has 4 N–H and O–H groups in total. The Morgan fingerprint density at radius 1 is 0.946 bits per heavy atom. The zero-order valence-corrected chi connectivity index (χ0v) is 36.1. The number of benzene rings is 1. The molecule has 0 unspecified atom stereocenters. The molecule has 0 radical (unpaired) electrons. The summed E-state index contributed by atoms with van der Waals surface area (Å²) in [4.78, 5) is 58.9. The highest BCUT2D eigenvalue weighted by atomic mass is 16.5. The summed E-state index contributed by atoms with van der Waals surface area (Å²) in [6, 6.07) is 4.06. The second-order valence-electron chi connectivity index (χ2n) is 15.7. The van der Waals surface area contributed by atoms with Gasteiger partial charge in [-0.1, -0.05) is 72.2 Å². The molecule has 2 rings (SSSR count). The van der Waals surface area contributed by atoms with Gasteiger partial charge in [0.25, 0.3) is 0 Å². The molecule has 1 fully saturated rings. The van der Waals surface area contributed by atoms with Crippen LogP contribution in [0.4, 0.5) is 0 Å². The first-order chi connectivity index (χ1) is 26.5. The quantitative estimate of drug-likeness (QED) is 0.0774. The van der Waals surface area contributed by atoms with Gasteiger partial charge in [-0.25, -0.2) is 0 Å². The number of likely N-dealkylation sites (N-methyl/N-ethyl adjacent to an activating group) is 2. The maximum atomic E-state index is 14.4. The molecule has 1 aliphatic heterocycles. The van der Waals surface area contributed by atoms with E-state index in [1.165, 1.54) is 21.3 Å². The molecule has 1 saturated heterocycles. The zero-order valence-electron chi connectivity index (χ0n) is 36.1. The van der Waals surface area contributed by atoms with Crippen molar-refractivity contribution < 1.29 is 43.3 Å². The first kappa shape index (κ1) is 48.4. The number of nitrogens with zero attached hydrogens (tertiary/aromatic N) is 3. The van der Waals surface area contributed by atoms with E-state index in [0.717, 1.165) is 0 Å². The molecule has 10 atom stereocenters. The fraction of sp³-hybridized carbons (Fsp3) is 0.732. The van der Waals surface area contributed by atoms with E-state index in [-0.39, 0.29) is 66.2 Å². The third kappa shape index (κ3) is 12.1. The van der Waals surface area contributed by atoms with Gasteiger partial charge in [0.15, 0.2) is 0 Å². The molecule has 1 heterocycles. The normalized spacial score (nSPS) is 20.4. The topological polar surface area (TPSA) is 180 Å². The van der Waals surface area contributed by atoms with Crippen LogP contribution in [-0.4, -0.2) is 142 Å². The number of carbonyl (C=O) groups excluding carboxylic acids is 4. The lowest BCUT2D eigenvalue weighted by atomic mass is 9.89. The van der Waals surface area contributed by atoms with E-state index < -0.39 is 48.3 Å². The van der Waals surface area contributed by atoms with Gasteiger partial charge in [-0.2, -0.15) is 0 Å². The number of amides is 4. The Kier molecular flexibility index (Phi) is 19.7. The van der Waals surface area contributed by atoms with Crippen molar-refractivity contribution in [1.29, 1.82) is 0 Å². The van der Waals surface area contributed by atoms with E-state index in [1.807, 2.05) is 41.5 Å². The van der Waals surface area contributed by atoms with Crippen LogP contribution in [0.5, 0.6) is 5.75 Å². The van der Waals surface area contributed by atoms with E-state index >= 15 is 0 Å². The van der Waals surface area contributed by atoms with Gasteiger partial charge in [-0.05, 0) is 50.3 Å². The first-order valence-corrected chi connectivity index (χ1v) is 19.7. The number of ether oxygens (including phenoxy) is 4. The summed E-state index contributed by atoms with van der Waals surface area (Å²) in [6.07, 6.45) is -0.598. The molecule has 318 valence electrons. The molecule has 56 heavy (non-hydrogen) atoms. The Labute approximate surface area is 334 Å². The van der Waals surface area contributed by atoms with Crippen molar-refractivity contribution in [2.45, 2.75) is 123 Å². The molecule has 15 heteroatoms. The zero-order chi connectivity index (χ0) is 42.4. The van der Waals surface area contributed by atoms with Crippen molar-refractivity contribution >= 4 is 29.3 Å². The number of nitrogens with one attached hydrogen (secondary N) is 3. The lowest BCUT2D eigenvalue weighted by Crippen LogP contribution is -2.59. The van der Waals surface area contributed by atoms with Crippen LogP contribution in [0.25, 0.3) is 0 Å². The molecule has 0 saturated carbocycles. The Balaban J connectivity index is 2.35. The van der Waals surface area contributed by atoms with Crippen LogP contribution in [0.1, 0.15) is 80.2 Å². The minimum absolute atomic E-state index is 0.0152. The van der Waals surface area contributed by atoms with Crippen LogP contribution in [-0.2, 0) is 33.4 Å². The third-order valence-corrected chi connectivity index (χ3v) is 11.3. The van der Waals surface area contributed by atoms with E-state index in [0.29, 0.717) is 24.2 Å². The van der Waals surface area contributed by atoms with Gasteiger partial charge in [0.2, 0.25) is 23.6 Å². The van der Waals surface area contributed by atoms with Crippen LogP contribution in [0, 0.1) is 23.7 Å². The predicted molar refractivity (Wildman–Crippen MR) is 216 cm³/mol. The van der Waals surface area contributed by atoms with E-state index in [9.17, 15) is 24.4 Å². The smallest absolute Gasteiger partial charge is 0.245 e. The van der Waals surface area contributed by atoms with Crippen molar-refractivity contribution in [3.8, 4) is 5.75 Å².